The molecular weight excluding hydrogens is 290 g/mol. The molecule has 1 heterocycles. The van der Waals surface area contributed by atoms with E-state index in [9.17, 15) is 10.4 Å². The number of nitrogens with zero attached hydrogens (tertiary/aromatic N) is 3. The fraction of sp³-hybridized carbons (Fsp3) is 0.167. The summed E-state index contributed by atoms with van der Waals surface area (Å²) in [5.41, 5.74) is 0.188. The molecule has 0 amide bonds. The van der Waals surface area contributed by atoms with Crippen LogP contribution in [-0.4, -0.2) is 10.7 Å². The zero-order valence-corrected chi connectivity index (χ0v) is 12.7. The molecular formula is C18H13N3O2. The zero-order valence-electron chi connectivity index (χ0n) is 12.7. The molecule has 5 heteroatoms. The summed E-state index contributed by atoms with van der Waals surface area (Å²) in [5, 5.41) is 37.2. The maximum absolute atomic E-state index is 9.79. The largest absolute Gasteiger partial charge is 0.507 e. The van der Waals surface area contributed by atoms with Gasteiger partial charge in [0.05, 0.1) is 0 Å². The van der Waals surface area contributed by atoms with Gasteiger partial charge in [-0.3, -0.25) is 0 Å². The van der Waals surface area contributed by atoms with Crippen molar-refractivity contribution in [2.45, 2.75) is 19.4 Å². The first kappa shape index (κ1) is 15.9. The van der Waals surface area contributed by atoms with Crippen LogP contribution in [0.1, 0.15) is 19.4 Å². The van der Waals surface area contributed by atoms with Gasteiger partial charge in [0.1, 0.15) is 35.1 Å². The summed E-state index contributed by atoms with van der Waals surface area (Å²) in [6, 6.07) is 12.3. The monoisotopic (exact) mass is 303 g/mol. The summed E-state index contributed by atoms with van der Waals surface area (Å²) in [5.74, 6) is 0.115. The number of para-hydroxylation sites is 1. The number of phenolic OH excluding ortho intramolecular Hbond substituents is 1. The van der Waals surface area contributed by atoms with Crippen LogP contribution in [0.5, 0.6) is 5.75 Å². The second-order valence-electron chi connectivity index (χ2n) is 5.33. The van der Waals surface area contributed by atoms with E-state index in [-0.39, 0.29) is 22.7 Å². The number of allylic oxidation sites excluding steroid dienone is 2. The van der Waals surface area contributed by atoms with Crippen molar-refractivity contribution in [3.63, 3.8) is 0 Å². The van der Waals surface area contributed by atoms with Crippen molar-refractivity contribution < 1.29 is 9.84 Å². The molecule has 1 aromatic carbocycles. The number of aromatic hydroxyl groups is 1. The van der Waals surface area contributed by atoms with E-state index in [0.717, 1.165) is 0 Å². The van der Waals surface area contributed by atoms with Gasteiger partial charge in [0.2, 0.25) is 0 Å². The highest BCUT2D eigenvalue weighted by molar-refractivity contribution is 5.65. The number of ether oxygens (including phenoxy) is 1. The Hall–Kier alpha value is -3.49. The average molecular weight is 303 g/mol. The van der Waals surface area contributed by atoms with Gasteiger partial charge in [-0.15, -0.1) is 0 Å². The Morgan fingerprint density at radius 3 is 2.35 bits per heavy atom. The Labute approximate surface area is 134 Å². The summed E-state index contributed by atoms with van der Waals surface area (Å²) in [6.45, 7) is 3.49. The van der Waals surface area contributed by atoms with Crippen molar-refractivity contribution in [1.82, 2.24) is 0 Å². The van der Waals surface area contributed by atoms with Crippen LogP contribution in [0.25, 0.3) is 6.08 Å². The van der Waals surface area contributed by atoms with E-state index >= 15 is 0 Å². The fourth-order valence-corrected chi connectivity index (χ4v) is 2.28. The molecule has 0 atom stereocenters. The van der Waals surface area contributed by atoms with Gasteiger partial charge in [-0.05, 0) is 19.9 Å². The van der Waals surface area contributed by atoms with Gasteiger partial charge in [0.25, 0.3) is 0 Å². The van der Waals surface area contributed by atoms with E-state index in [1.807, 2.05) is 6.07 Å². The summed E-state index contributed by atoms with van der Waals surface area (Å²) in [7, 11) is 0. The van der Waals surface area contributed by atoms with Gasteiger partial charge in [0, 0.05) is 11.1 Å². The van der Waals surface area contributed by atoms with Gasteiger partial charge < -0.3 is 9.84 Å². The van der Waals surface area contributed by atoms with Crippen LogP contribution in [0.3, 0.4) is 0 Å². The lowest BCUT2D eigenvalue weighted by Crippen LogP contribution is -2.20. The smallest absolute Gasteiger partial charge is 0.172 e. The molecule has 0 radical (unpaired) electrons. The Morgan fingerprint density at radius 2 is 1.78 bits per heavy atom. The molecule has 0 aliphatic carbocycles. The molecule has 5 nitrogen and oxygen atoms in total. The molecule has 0 bridgehead atoms. The molecule has 23 heavy (non-hydrogen) atoms. The van der Waals surface area contributed by atoms with Crippen LogP contribution in [0.15, 0.2) is 52.8 Å². The minimum atomic E-state index is -0.861. The van der Waals surface area contributed by atoms with E-state index < -0.39 is 5.60 Å². The van der Waals surface area contributed by atoms with Crippen LogP contribution in [0, 0.1) is 34.0 Å². The summed E-state index contributed by atoms with van der Waals surface area (Å²) in [6.07, 6.45) is 3.32. The quantitative estimate of drug-likeness (QED) is 0.844. The molecule has 2 rings (SSSR count). The topological polar surface area (TPSA) is 101 Å². The normalized spacial score (nSPS) is 15.7. The van der Waals surface area contributed by atoms with E-state index in [1.54, 1.807) is 62.4 Å². The summed E-state index contributed by atoms with van der Waals surface area (Å²) in [4.78, 5) is 0. The number of benzene rings is 1. The van der Waals surface area contributed by atoms with Crippen molar-refractivity contribution in [3.8, 4) is 24.0 Å². The molecule has 0 unspecified atom stereocenters. The molecule has 1 aliphatic heterocycles. The molecule has 0 aromatic heterocycles. The lowest BCUT2D eigenvalue weighted by atomic mass is 9.94. The van der Waals surface area contributed by atoms with E-state index in [2.05, 4.69) is 0 Å². The highest BCUT2D eigenvalue weighted by atomic mass is 16.5. The number of nitriles is 3. The second kappa shape index (κ2) is 6.10. The Bertz CT molecular complexity index is 853. The van der Waals surface area contributed by atoms with Crippen LogP contribution < -0.4 is 0 Å². The van der Waals surface area contributed by atoms with Crippen LogP contribution in [0.4, 0.5) is 0 Å². The van der Waals surface area contributed by atoms with Gasteiger partial charge in [-0.25, -0.2) is 0 Å². The number of phenols is 1. The molecule has 0 saturated heterocycles. The van der Waals surface area contributed by atoms with Gasteiger partial charge >= 0.3 is 0 Å². The minimum absolute atomic E-state index is 0.000524. The van der Waals surface area contributed by atoms with Crippen molar-refractivity contribution in [1.29, 1.82) is 15.8 Å². The Balaban J connectivity index is 2.59. The van der Waals surface area contributed by atoms with E-state index in [4.69, 9.17) is 15.3 Å². The van der Waals surface area contributed by atoms with Crippen LogP contribution in [0.2, 0.25) is 0 Å². The predicted molar refractivity (Wildman–Crippen MR) is 83.2 cm³/mol. The molecule has 1 aliphatic rings. The summed E-state index contributed by atoms with van der Waals surface area (Å²) < 4.78 is 5.65. The average Bonchev–Trinajstić information content (AvgIpc) is 2.78. The van der Waals surface area contributed by atoms with Gasteiger partial charge in [-0.2, -0.15) is 15.8 Å². The molecule has 1 N–H and O–H groups in total. The minimum Gasteiger partial charge on any atom is -0.507 e. The first-order valence-corrected chi connectivity index (χ1v) is 6.79. The third-order valence-electron chi connectivity index (χ3n) is 3.43. The highest BCUT2D eigenvalue weighted by Crippen LogP contribution is 2.40. The maximum atomic E-state index is 9.79. The fourth-order valence-electron chi connectivity index (χ4n) is 2.28. The zero-order chi connectivity index (χ0) is 17.0. The van der Waals surface area contributed by atoms with Gasteiger partial charge in [0.15, 0.2) is 11.3 Å². The van der Waals surface area contributed by atoms with Crippen LogP contribution in [-0.2, 0) is 4.74 Å². The van der Waals surface area contributed by atoms with Crippen molar-refractivity contribution >= 4 is 6.08 Å². The van der Waals surface area contributed by atoms with Crippen LogP contribution >= 0.6 is 0 Å². The first-order chi connectivity index (χ1) is 10.9. The second-order valence-corrected chi connectivity index (χ2v) is 5.33. The summed E-state index contributed by atoms with van der Waals surface area (Å²) >= 11 is 0. The lowest BCUT2D eigenvalue weighted by Gasteiger charge is -2.20. The van der Waals surface area contributed by atoms with Crippen molar-refractivity contribution in [2.24, 2.45) is 0 Å². The highest BCUT2D eigenvalue weighted by Gasteiger charge is 2.38. The predicted octanol–water partition coefficient (Wildman–Crippen LogP) is 3.34. The Kier molecular flexibility index (Phi) is 4.21. The van der Waals surface area contributed by atoms with Gasteiger partial charge in [-0.1, -0.05) is 30.4 Å². The number of hydrogen-bond donors (Lipinski definition) is 1. The Morgan fingerprint density at radius 1 is 1.13 bits per heavy atom. The number of hydrogen-bond acceptors (Lipinski definition) is 5. The van der Waals surface area contributed by atoms with E-state index in [0.29, 0.717) is 11.1 Å². The third kappa shape index (κ3) is 2.93. The van der Waals surface area contributed by atoms with E-state index in [1.165, 1.54) is 0 Å². The lowest BCUT2D eigenvalue weighted by molar-refractivity contribution is 0.0954. The molecule has 0 fully saturated rings. The third-order valence-corrected chi connectivity index (χ3v) is 3.43. The molecule has 112 valence electrons. The molecule has 1 aromatic rings. The standard InChI is InChI=1S/C18H13N3O2/c1-18(2)15(8-7-12-5-3-4-6-16(12)22)14(11-21)17(23-18)13(9-19)10-20/h3-8,22H,1-2H3. The maximum Gasteiger partial charge on any atom is 0.172 e. The van der Waals surface area contributed by atoms with Crippen molar-refractivity contribution in [3.05, 3.63) is 58.4 Å². The first-order valence-electron chi connectivity index (χ1n) is 6.79. The SMILES string of the molecule is CC1(C)OC(=C(C#N)C#N)C(C#N)=C1C=Cc1ccccc1O. The number of rotatable bonds is 2. The van der Waals surface area contributed by atoms with Crippen molar-refractivity contribution in [2.75, 3.05) is 0 Å². The molecule has 0 spiro atoms. The molecule has 0 saturated carbocycles.